The molecule has 0 saturated carbocycles. The van der Waals surface area contributed by atoms with Crippen LogP contribution in [0.4, 0.5) is 5.69 Å². The number of anilines is 1. The Labute approximate surface area is 190 Å². The highest BCUT2D eigenvalue weighted by Gasteiger charge is 2.19. The average Bonchev–Trinajstić information content (AvgIpc) is 3.21. The number of fused-ring (bicyclic) bond motifs is 1. The van der Waals surface area contributed by atoms with Crippen molar-refractivity contribution in [2.45, 2.75) is 10.1 Å². The fourth-order valence-corrected chi connectivity index (χ4v) is 4.85. The molecular formula is C21H22N4O5S2. The summed E-state index contributed by atoms with van der Waals surface area (Å²) in [4.78, 5) is 16.6. The zero-order valence-corrected chi connectivity index (χ0v) is 18.9. The maximum absolute atomic E-state index is 12.7. The summed E-state index contributed by atoms with van der Waals surface area (Å²) in [5, 5.41) is 3.73. The van der Waals surface area contributed by atoms with Crippen LogP contribution in [0.2, 0.25) is 0 Å². The molecule has 0 saturated heterocycles. The molecule has 1 aliphatic rings. The Bertz CT molecular complexity index is 1210. The van der Waals surface area contributed by atoms with Crippen molar-refractivity contribution in [1.29, 1.82) is 0 Å². The lowest BCUT2D eigenvalue weighted by Gasteiger charge is -2.19. The predicted molar refractivity (Wildman–Crippen MR) is 121 cm³/mol. The second-order valence-electron chi connectivity index (χ2n) is 6.91. The molecule has 0 bridgehead atoms. The van der Waals surface area contributed by atoms with Crippen molar-refractivity contribution in [3.63, 3.8) is 0 Å². The molecule has 9 nitrogen and oxygen atoms in total. The van der Waals surface area contributed by atoms with E-state index in [9.17, 15) is 13.2 Å². The van der Waals surface area contributed by atoms with Crippen LogP contribution in [0.3, 0.4) is 0 Å². The summed E-state index contributed by atoms with van der Waals surface area (Å²) in [7, 11) is -1.91. The molecule has 1 amide bonds. The molecular weight excluding hydrogens is 452 g/mol. The molecule has 0 aliphatic carbocycles. The number of aryl methyl sites for hydroxylation is 1. The molecule has 0 atom stereocenters. The molecule has 2 aromatic carbocycles. The van der Waals surface area contributed by atoms with E-state index in [1.165, 1.54) is 12.1 Å². The quantitative estimate of drug-likeness (QED) is 0.381. The first-order valence-corrected chi connectivity index (χ1v) is 12.3. The Kier molecular flexibility index (Phi) is 6.56. The van der Waals surface area contributed by atoms with Crippen molar-refractivity contribution in [1.82, 2.24) is 14.9 Å². The SMILES string of the molecule is Cn1ccnc1SCCNC(=O)c1ccc(NS(=O)(=O)c2ccc3c(c2)OCCO3)cc1. The first-order chi connectivity index (χ1) is 15.4. The van der Waals surface area contributed by atoms with E-state index >= 15 is 0 Å². The second kappa shape index (κ2) is 9.53. The Morgan fingerprint density at radius 2 is 1.88 bits per heavy atom. The molecule has 0 fully saturated rings. The van der Waals surface area contributed by atoms with Gasteiger partial charge in [-0.25, -0.2) is 13.4 Å². The minimum Gasteiger partial charge on any atom is -0.486 e. The smallest absolute Gasteiger partial charge is 0.262 e. The molecule has 2 N–H and O–H groups in total. The highest BCUT2D eigenvalue weighted by molar-refractivity contribution is 7.99. The van der Waals surface area contributed by atoms with Crippen LogP contribution >= 0.6 is 11.8 Å². The van der Waals surface area contributed by atoms with E-state index in [1.54, 1.807) is 48.3 Å². The lowest BCUT2D eigenvalue weighted by Crippen LogP contribution is -2.25. The highest BCUT2D eigenvalue weighted by Crippen LogP contribution is 2.32. The summed E-state index contributed by atoms with van der Waals surface area (Å²) in [5.74, 6) is 1.37. The van der Waals surface area contributed by atoms with Crippen LogP contribution in [-0.2, 0) is 17.1 Å². The van der Waals surface area contributed by atoms with Crippen LogP contribution in [0.1, 0.15) is 10.4 Å². The molecule has 4 rings (SSSR count). The molecule has 0 spiro atoms. The number of aromatic nitrogens is 2. The second-order valence-corrected chi connectivity index (χ2v) is 9.66. The van der Waals surface area contributed by atoms with E-state index in [1.807, 2.05) is 17.8 Å². The topological polar surface area (TPSA) is 112 Å². The first-order valence-electron chi connectivity index (χ1n) is 9.83. The summed E-state index contributed by atoms with van der Waals surface area (Å²) in [6, 6.07) is 10.7. The van der Waals surface area contributed by atoms with Crippen molar-refractivity contribution in [2.24, 2.45) is 7.05 Å². The van der Waals surface area contributed by atoms with Gasteiger partial charge in [0.05, 0.1) is 4.90 Å². The predicted octanol–water partition coefficient (Wildman–Crippen LogP) is 2.51. The first kappa shape index (κ1) is 22.0. The van der Waals surface area contributed by atoms with Crippen LogP contribution in [0.5, 0.6) is 11.5 Å². The van der Waals surface area contributed by atoms with Gasteiger partial charge in [-0.05, 0) is 36.4 Å². The summed E-state index contributed by atoms with van der Waals surface area (Å²) < 4.78 is 40.7. The number of hydrogen-bond acceptors (Lipinski definition) is 7. The summed E-state index contributed by atoms with van der Waals surface area (Å²) in [6.07, 6.45) is 3.59. The van der Waals surface area contributed by atoms with Crippen molar-refractivity contribution in [3.05, 3.63) is 60.4 Å². The van der Waals surface area contributed by atoms with Crippen LogP contribution in [-0.4, -0.2) is 49.4 Å². The standard InChI is InChI=1S/C21H22N4O5S2/c1-25-10-8-23-21(25)31-13-9-22-20(26)15-2-4-16(5-3-15)24-32(27,28)17-6-7-18-19(14-17)30-12-11-29-18/h2-8,10,14,24H,9,11-13H2,1H3,(H,22,26). The molecule has 32 heavy (non-hydrogen) atoms. The van der Waals surface area contributed by atoms with Crippen molar-refractivity contribution < 1.29 is 22.7 Å². The minimum absolute atomic E-state index is 0.0637. The summed E-state index contributed by atoms with van der Waals surface area (Å²) >= 11 is 1.55. The van der Waals surface area contributed by atoms with Gasteiger partial charge in [0.1, 0.15) is 13.2 Å². The van der Waals surface area contributed by atoms with E-state index in [-0.39, 0.29) is 10.8 Å². The van der Waals surface area contributed by atoms with Gasteiger partial charge in [-0.15, -0.1) is 0 Å². The number of amides is 1. The highest BCUT2D eigenvalue weighted by atomic mass is 32.2. The van der Waals surface area contributed by atoms with Crippen LogP contribution in [0, 0.1) is 0 Å². The van der Waals surface area contributed by atoms with Crippen LogP contribution in [0.15, 0.2) is 64.9 Å². The lowest BCUT2D eigenvalue weighted by molar-refractivity contribution is 0.0956. The molecule has 2 heterocycles. The Balaban J connectivity index is 1.32. The largest absolute Gasteiger partial charge is 0.486 e. The third-order valence-corrected chi connectivity index (χ3v) is 7.06. The zero-order valence-electron chi connectivity index (χ0n) is 17.3. The fraction of sp³-hybridized carbons (Fsp3) is 0.238. The van der Waals surface area contributed by atoms with Gasteiger partial charge < -0.3 is 19.4 Å². The third kappa shape index (κ3) is 5.17. The minimum atomic E-state index is -3.82. The number of carbonyl (C=O) groups excluding carboxylic acids is 1. The van der Waals surface area contributed by atoms with E-state index < -0.39 is 10.0 Å². The van der Waals surface area contributed by atoms with Gasteiger partial charge in [0.25, 0.3) is 15.9 Å². The third-order valence-electron chi connectivity index (χ3n) is 4.62. The van der Waals surface area contributed by atoms with Crippen molar-refractivity contribution in [3.8, 4) is 11.5 Å². The van der Waals surface area contributed by atoms with Gasteiger partial charge in [0, 0.05) is 49.1 Å². The molecule has 1 aromatic heterocycles. The number of carbonyl (C=O) groups is 1. The molecule has 3 aromatic rings. The maximum atomic E-state index is 12.7. The van der Waals surface area contributed by atoms with Crippen LogP contribution < -0.4 is 19.5 Å². The van der Waals surface area contributed by atoms with Gasteiger partial charge in [0.2, 0.25) is 0 Å². The summed E-state index contributed by atoms with van der Waals surface area (Å²) in [5.41, 5.74) is 0.788. The number of imidazole rings is 1. The van der Waals surface area contributed by atoms with Gasteiger partial charge in [-0.3, -0.25) is 9.52 Å². The van der Waals surface area contributed by atoms with E-state index in [2.05, 4.69) is 15.0 Å². The average molecular weight is 475 g/mol. The number of rotatable bonds is 8. The molecule has 0 radical (unpaired) electrons. The van der Waals surface area contributed by atoms with Gasteiger partial charge >= 0.3 is 0 Å². The van der Waals surface area contributed by atoms with Crippen molar-refractivity contribution >= 4 is 33.4 Å². The Morgan fingerprint density at radius 3 is 2.59 bits per heavy atom. The van der Waals surface area contributed by atoms with Gasteiger partial charge in [-0.2, -0.15) is 0 Å². The molecule has 1 aliphatic heterocycles. The van der Waals surface area contributed by atoms with Crippen molar-refractivity contribution in [2.75, 3.05) is 30.2 Å². The van der Waals surface area contributed by atoms with Crippen LogP contribution in [0.25, 0.3) is 0 Å². The van der Waals surface area contributed by atoms with Gasteiger partial charge in [0.15, 0.2) is 16.7 Å². The maximum Gasteiger partial charge on any atom is 0.262 e. The Morgan fingerprint density at radius 1 is 1.12 bits per heavy atom. The van der Waals surface area contributed by atoms with E-state index in [4.69, 9.17) is 9.47 Å². The number of sulfonamides is 1. The number of thioether (sulfide) groups is 1. The van der Waals surface area contributed by atoms with Gasteiger partial charge in [-0.1, -0.05) is 11.8 Å². The number of benzene rings is 2. The molecule has 0 unspecified atom stereocenters. The fourth-order valence-electron chi connectivity index (χ4n) is 2.99. The molecule has 168 valence electrons. The number of ether oxygens (including phenoxy) is 2. The normalized spacial score (nSPS) is 12.9. The number of hydrogen-bond donors (Lipinski definition) is 2. The Hall–Kier alpha value is -3.18. The lowest BCUT2D eigenvalue weighted by atomic mass is 10.2. The van der Waals surface area contributed by atoms with E-state index in [0.717, 1.165) is 5.16 Å². The van der Waals surface area contributed by atoms with E-state index in [0.29, 0.717) is 48.3 Å². The monoisotopic (exact) mass is 474 g/mol. The zero-order chi connectivity index (χ0) is 22.6. The number of nitrogens with zero attached hydrogens (tertiary/aromatic N) is 2. The number of nitrogens with one attached hydrogen (secondary N) is 2. The summed E-state index contributed by atoms with van der Waals surface area (Å²) in [6.45, 7) is 1.28. The molecule has 11 heteroatoms.